The number of alkyl halides is 1. The van der Waals surface area contributed by atoms with E-state index in [-0.39, 0.29) is 12.4 Å². The summed E-state index contributed by atoms with van der Waals surface area (Å²) in [6.45, 7) is 5.77. The average molecular weight is 399 g/mol. The van der Waals surface area contributed by atoms with Crippen LogP contribution in [-0.4, -0.2) is 44.6 Å². The number of halogens is 2. The van der Waals surface area contributed by atoms with E-state index in [4.69, 9.17) is 4.74 Å². The third-order valence-corrected chi connectivity index (χ3v) is 4.26. The SMILES string of the molecule is CC(C)(C)OC(=O)N1CCC[C@](F)(c2nc3ncc(Br)cc3[nH]2)C1. The van der Waals surface area contributed by atoms with Crippen LogP contribution < -0.4 is 0 Å². The standard InChI is InChI=1S/C16H20BrFN4O2/c1-15(2,3)24-14(23)22-6-4-5-16(18,9-22)13-20-11-7-10(17)8-19-12(11)21-13/h7-8H,4-6,9H2,1-3H3,(H,19,20,21)/t16-/m1/s1. The van der Waals surface area contributed by atoms with Gasteiger partial charge in [0.05, 0.1) is 12.1 Å². The van der Waals surface area contributed by atoms with E-state index in [9.17, 15) is 4.79 Å². The average Bonchev–Trinajstić information content (AvgIpc) is 2.89. The zero-order chi connectivity index (χ0) is 17.5. The number of carbonyl (C=O) groups is 1. The molecule has 0 radical (unpaired) electrons. The molecule has 1 fully saturated rings. The normalized spacial score (nSPS) is 22.0. The number of carbonyl (C=O) groups excluding carboxylic acids is 1. The maximum absolute atomic E-state index is 15.5. The Hall–Kier alpha value is -1.70. The zero-order valence-electron chi connectivity index (χ0n) is 13.9. The van der Waals surface area contributed by atoms with E-state index >= 15 is 4.39 Å². The number of hydrogen-bond donors (Lipinski definition) is 1. The fourth-order valence-corrected chi connectivity index (χ4v) is 3.10. The summed E-state index contributed by atoms with van der Waals surface area (Å²) in [6, 6.07) is 1.80. The van der Waals surface area contributed by atoms with E-state index in [1.54, 1.807) is 33.0 Å². The van der Waals surface area contributed by atoms with Gasteiger partial charge in [0.25, 0.3) is 0 Å². The Morgan fingerprint density at radius 1 is 1.50 bits per heavy atom. The van der Waals surface area contributed by atoms with Gasteiger partial charge in [-0.25, -0.2) is 19.2 Å². The molecule has 0 bridgehead atoms. The number of nitrogens with zero attached hydrogens (tertiary/aromatic N) is 3. The van der Waals surface area contributed by atoms with Crippen molar-refractivity contribution in [2.75, 3.05) is 13.1 Å². The highest BCUT2D eigenvalue weighted by molar-refractivity contribution is 9.10. The molecule has 1 saturated heterocycles. The van der Waals surface area contributed by atoms with Crippen molar-refractivity contribution in [2.45, 2.75) is 44.9 Å². The van der Waals surface area contributed by atoms with Crippen LogP contribution in [0.25, 0.3) is 11.2 Å². The first kappa shape index (κ1) is 17.1. The van der Waals surface area contributed by atoms with Gasteiger partial charge in [0.15, 0.2) is 11.3 Å². The summed E-state index contributed by atoms with van der Waals surface area (Å²) >= 11 is 3.33. The van der Waals surface area contributed by atoms with Gasteiger partial charge in [0.2, 0.25) is 0 Å². The number of likely N-dealkylation sites (tertiary alicyclic amines) is 1. The number of aromatic amines is 1. The summed E-state index contributed by atoms with van der Waals surface area (Å²) < 4.78 is 21.6. The molecule has 0 aliphatic carbocycles. The summed E-state index contributed by atoms with van der Waals surface area (Å²) in [5.74, 6) is 0.205. The third-order valence-electron chi connectivity index (χ3n) is 3.82. The van der Waals surface area contributed by atoms with Gasteiger partial charge in [-0.3, -0.25) is 0 Å². The number of H-pyrrole nitrogens is 1. The molecule has 3 rings (SSSR count). The van der Waals surface area contributed by atoms with Gasteiger partial charge < -0.3 is 14.6 Å². The topological polar surface area (TPSA) is 71.1 Å². The Morgan fingerprint density at radius 3 is 2.96 bits per heavy atom. The molecule has 1 atom stereocenters. The predicted octanol–water partition coefficient (Wildman–Crippen LogP) is 3.92. The highest BCUT2D eigenvalue weighted by Gasteiger charge is 2.42. The summed E-state index contributed by atoms with van der Waals surface area (Å²) in [5.41, 5.74) is -1.23. The monoisotopic (exact) mass is 398 g/mol. The Balaban J connectivity index is 1.84. The van der Waals surface area contributed by atoms with Gasteiger partial charge in [-0.2, -0.15) is 0 Å². The van der Waals surface area contributed by atoms with Gasteiger partial charge in [-0.15, -0.1) is 0 Å². The highest BCUT2D eigenvalue weighted by Crippen LogP contribution is 2.35. The minimum Gasteiger partial charge on any atom is -0.444 e. The number of hydrogen-bond acceptors (Lipinski definition) is 4. The van der Waals surface area contributed by atoms with Gasteiger partial charge >= 0.3 is 6.09 Å². The first-order valence-corrected chi connectivity index (χ1v) is 8.64. The maximum atomic E-state index is 15.5. The molecular weight excluding hydrogens is 379 g/mol. The Labute approximate surface area is 147 Å². The number of aromatic nitrogens is 3. The van der Waals surface area contributed by atoms with Crippen LogP contribution in [0.3, 0.4) is 0 Å². The molecule has 1 amide bonds. The summed E-state index contributed by atoms with van der Waals surface area (Å²) in [5, 5.41) is 0. The second-order valence-electron chi connectivity index (χ2n) is 7.08. The van der Waals surface area contributed by atoms with Crippen molar-refractivity contribution < 1.29 is 13.9 Å². The summed E-state index contributed by atoms with van der Waals surface area (Å²) in [6.07, 6.45) is 1.96. The molecule has 1 N–H and O–H groups in total. The molecule has 3 heterocycles. The van der Waals surface area contributed by atoms with Gasteiger partial charge in [0, 0.05) is 17.2 Å². The van der Waals surface area contributed by atoms with Crippen LogP contribution in [0.4, 0.5) is 9.18 Å². The second-order valence-corrected chi connectivity index (χ2v) is 8.00. The second kappa shape index (κ2) is 5.98. The molecule has 1 aliphatic heterocycles. The van der Waals surface area contributed by atoms with E-state index in [1.807, 2.05) is 0 Å². The minimum absolute atomic E-state index is 0.0805. The first-order valence-electron chi connectivity index (χ1n) is 7.85. The predicted molar refractivity (Wildman–Crippen MR) is 91.4 cm³/mol. The van der Waals surface area contributed by atoms with Crippen LogP contribution in [0.15, 0.2) is 16.7 Å². The molecule has 1 aliphatic rings. The number of rotatable bonds is 1. The van der Waals surface area contributed by atoms with Crippen molar-refractivity contribution in [2.24, 2.45) is 0 Å². The van der Waals surface area contributed by atoms with Crippen molar-refractivity contribution in [1.29, 1.82) is 0 Å². The number of amides is 1. The molecule has 24 heavy (non-hydrogen) atoms. The molecule has 2 aromatic rings. The molecular formula is C16H20BrFN4O2. The van der Waals surface area contributed by atoms with Crippen LogP contribution in [0, 0.1) is 0 Å². The van der Waals surface area contributed by atoms with Crippen molar-refractivity contribution in [3.63, 3.8) is 0 Å². The zero-order valence-corrected chi connectivity index (χ0v) is 15.5. The van der Waals surface area contributed by atoms with Crippen LogP contribution in [-0.2, 0) is 10.4 Å². The van der Waals surface area contributed by atoms with E-state index in [2.05, 4.69) is 30.9 Å². The van der Waals surface area contributed by atoms with Crippen molar-refractivity contribution >= 4 is 33.2 Å². The summed E-state index contributed by atoms with van der Waals surface area (Å²) in [4.78, 5) is 25.1. The van der Waals surface area contributed by atoms with Crippen molar-refractivity contribution in [1.82, 2.24) is 19.9 Å². The fraction of sp³-hybridized carbons (Fsp3) is 0.562. The molecule has 0 saturated carbocycles. The number of pyridine rings is 1. The van der Waals surface area contributed by atoms with E-state index in [1.165, 1.54) is 4.90 Å². The molecule has 8 heteroatoms. The maximum Gasteiger partial charge on any atom is 0.410 e. The number of fused-ring (bicyclic) bond motifs is 1. The largest absolute Gasteiger partial charge is 0.444 e. The Bertz CT molecular complexity index is 773. The highest BCUT2D eigenvalue weighted by atomic mass is 79.9. The Morgan fingerprint density at radius 2 is 2.25 bits per heavy atom. The van der Waals surface area contributed by atoms with Crippen LogP contribution in [0.1, 0.15) is 39.4 Å². The quantitative estimate of drug-likeness (QED) is 0.789. The molecule has 0 spiro atoms. The lowest BCUT2D eigenvalue weighted by molar-refractivity contribution is -0.00876. The molecule has 2 aromatic heterocycles. The molecule has 0 unspecified atom stereocenters. The third kappa shape index (κ3) is 3.53. The molecule has 6 nitrogen and oxygen atoms in total. The summed E-state index contributed by atoms with van der Waals surface area (Å²) in [7, 11) is 0. The van der Waals surface area contributed by atoms with Crippen molar-refractivity contribution in [3.8, 4) is 0 Å². The number of ether oxygens (including phenoxy) is 1. The van der Waals surface area contributed by atoms with Crippen molar-refractivity contribution in [3.05, 3.63) is 22.6 Å². The van der Waals surface area contributed by atoms with Crippen LogP contribution in [0.2, 0.25) is 0 Å². The lowest BCUT2D eigenvalue weighted by atomic mass is 9.94. The van der Waals surface area contributed by atoms with E-state index < -0.39 is 17.4 Å². The van der Waals surface area contributed by atoms with Crippen LogP contribution in [0.5, 0.6) is 0 Å². The first-order chi connectivity index (χ1) is 11.2. The van der Waals surface area contributed by atoms with Gasteiger partial charge in [0.1, 0.15) is 11.4 Å². The number of nitrogens with one attached hydrogen (secondary N) is 1. The lowest BCUT2D eigenvalue weighted by Crippen LogP contribution is -2.48. The van der Waals surface area contributed by atoms with E-state index in [0.29, 0.717) is 30.6 Å². The lowest BCUT2D eigenvalue weighted by Gasteiger charge is -2.36. The minimum atomic E-state index is -1.73. The Kier molecular flexibility index (Phi) is 4.27. The molecule has 0 aromatic carbocycles. The fourth-order valence-electron chi connectivity index (χ4n) is 2.77. The van der Waals surface area contributed by atoms with E-state index in [0.717, 1.165) is 4.47 Å². The molecule has 130 valence electrons. The van der Waals surface area contributed by atoms with Gasteiger partial charge in [-0.05, 0) is 55.6 Å². The van der Waals surface area contributed by atoms with Gasteiger partial charge in [-0.1, -0.05) is 0 Å². The number of imidazole rings is 1. The van der Waals surface area contributed by atoms with Crippen LogP contribution >= 0.6 is 15.9 Å². The smallest absolute Gasteiger partial charge is 0.410 e. The number of piperidine rings is 1.